The molecule has 21 heavy (non-hydrogen) atoms. The minimum Gasteiger partial charge on any atom is -0.494 e. The molecule has 0 aliphatic heterocycles. The summed E-state index contributed by atoms with van der Waals surface area (Å²) in [5, 5.41) is 11.5. The lowest BCUT2D eigenvalue weighted by atomic mass is 10.0. The number of carbonyl (C=O) groups excluding carboxylic acids is 1. The number of anilines is 1. The lowest BCUT2D eigenvalue weighted by molar-refractivity contribution is -0.137. The molecule has 0 spiro atoms. The molecule has 1 saturated carbocycles. The predicted octanol–water partition coefficient (Wildman–Crippen LogP) is 3.06. The summed E-state index contributed by atoms with van der Waals surface area (Å²) in [6.07, 6.45) is 3.41. The number of hydrogen-bond donors (Lipinski definition) is 2. The van der Waals surface area contributed by atoms with Crippen LogP contribution in [0.1, 0.15) is 39.0 Å². The maximum absolute atomic E-state index is 12.1. The second-order valence-electron chi connectivity index (χ2n) is 5.46. The van der Waals surface area contributed by atoms with E-state index >= 15 is 0 Å². The number of carboxylic acids is 1. The monoisotopic (exact) mass is 291 g/mol. The van der Waals surface area contributed by atoms with Crippen LogP contribution >= 0.6 is 0 Å². The van der Waals surface area contributed by atoms with Gasteiger partial charge in [0.15, 0.2) is 0 Å². The predicted molar refractivity (Wildman–Crippen MR) is 79.4 cm³/mol. The van der Waals surface area contributed by atoms with Crippen molar-refractivity contribution in [3.8, 4) is 5.75 Å². The van der Waals surface area contributed by atoms with Crippen molar-refractivity contribution in [2.45, 2.75) is 39.0 Å². The van der Waals surface area contributed by atoms with Gasteiger partial charge in [0.05, 0.1) is 6.61 Å². The number of aliphatic carboxylic acids is 1. The van der Waals surface area contributed by atoms with Crippen LogP contribution in [0.25, 0.3) is 0 Å². The van der Waals surface area contributed by atoms with Crippen LogP contribution in [0, 0.1) is 5.41 Å². The number of hydrogen-bond acceptors (Lipinski definition) is 3. The number of ether oxygens (including phenoxy) is 1. The molecule has 0 saturated heterocycles. The Labute approximate surface area is 124 Å². The molecule has 114 valence electrons. The first kappa shape index (κ1) is 15.4. The fourth-order valence-corrected chi connectivity index (χ4v) is 2.20. The van der Waals surface area contributed by atoms with Crippen molar-refractivity contribution in [2.75, 3.05) is 11.9 Å². The van der Waals surface area contributed by atoms with Crippen molar-refractivity contribution in [2.24, 2.45) is 5.41 Å². The smallest absolute Gasteiger partial charge is 0.303 e. The molecule has 0 unspecified atom stereocenters. The summed E-state index contributed by atoms with van der Waals surface area (Å²) < 4.78 is 5.44. The van der Waals surface area contributed by atoms with E-state index in [-0.39, 0.29) is 17.7 Å². The first-order chi connectivity index (χ1) is 10.1. The number of amides is 1. The van der Waals surface area contributed by atoms with Crippen molar-refractivity contribution in [3.05, 3.63) is 24.3 Å². The Bertz CT molecular complexity index is 506. The molecular formula is C16H21NO4. The van der Waals surface area contributed by atoms with Gasteiger partial charge in [0.2, 0.25) is 5.91 Å². The largest absolute Gasteiger partial charge is 0.494 e. The van der Waals surface area contributed by atoms with E-state index < -0.39 is 5.97 Å². The fraction of sp³-hybridized carbons (Fsp3) is 0.500. The van der Waals surface area contributed by atoms with E-state index in [1.165, 1.54) is 0 Å². The Morgan fingerprint density at radius 1 is 1.29 bits per heavy atom. The quantitative estimate of drug-likeness (QED) is 0.722. The lowest BCUT2D eigenvalue weighted by Gasteiger charge is -2.13. The third-order valence-corrected chi connectivity index (χ3v) is 3.93. The lowest BCUT2D eigenvalue weighted by Crippen LogP contribution is -2.23. The van der Waals surface area contributed by atoms with E-state index in [4.69, 9.17) is 9.84 Å². The minimum absolute atomic E-state index is 0.0973. The Balaban J connectivity index is 1.79. The van der Waals surface area contributed by atoms with Crippen LogP contribution in [-0.4, -0.2) is 23.6 Å². The van der Waals surface area contributed by atoms with Gasteiger partial charge in [-0.3, -0.25) is 9.59 Å². The molecule has 0 bridgehead atoms. The number of nitrogens with one attached hydrogen (secondary N) is 1. The molecule has 1 aliphatic carbocycles. The van der Waals surface area contributed by atoms with E-state index in [9.17, 15) is 9.59 Å². The molecule has 2 N–H and O–H groups in total. The third kappa shape index (κ3) is 4.21. The van der Waals surface area contributed by atoms with Gasteiger partial charge in [-0.05, 0) is 49.9 Å². The summed E-state index contributed by atoms with van der Waals surface area (Å²) in [7, 11) is 0. The average molecular weight is 291 g/mol. The van der Waals surface area contributed by atoms with Gasteiger partial charge >= 0.3 is 5.97 Å². The van der Waals surface area contributed by atoms with Gasteiger partial charge in [0.1, 0.15) is 5.75 Å². The third-order valence-electron chi connectivity index (χ3n) is 3.93. The Morgan fingerprint density at radius 3 is 2.48 bits per heavy atom. The first-order valence-corrected chi connectivity index (χ1v) is 7.32. The summed E-state index contributed by atoms with van der Waals surface area (Å²) in [5.41, 5.74) is 0.615. The molecule has 1 amide bonds. The zero-order valence-electron chi connectivity index (χ0n) is 12.2. The molecule has 1 aromatic rings. The maximum atomic E-state index is 12.1. The van der Waals surface area contributed by atoms with Gasteiger partial charge in [0.25, 0.3) is 0 Å². The Kier molecular flexibility index (Phi) is 4.83. The number of carboxylic acid groups (broad SMARTS) is 1. The number of benzene rings is 1. The van der Waals surface area contributed by atoms with E-state index in [0.717, 1.165) is 24.9 Å². The zero-order valence-corrected chi connectivity index (χ0v) is 12.2. The Hall–Kier alpha value is -2.04. The van der Waals surface area contributed by atoms with Crippen LogP contribution in [0.15, 0.2) is 24.3 Å². The van der Waals surface area contributed by atoms with Crippen LogP contribution in [0.4, 0.5) is 5.69 Å². The number of rotatable bonds is 8. The molecule has 1 aliphatic rings. The molecular weight excluding hydrogens is 270 g/mol. The highest BCUT2D eigenvalue weighted by Crippen LogP contribution is 2.49. The summed E-state index contributed by atoms with van der Waals surface area (Å²) in [5.74, 6) is -0.0447. The van der Waals surface area contributed by atoms with Crippen molar-refractivity contribution in [1.29, 1.82) is 0 Å². The maximum Gasteiger partial charge on any atom is 0.303 e. The molecule has 1 aromatic carbocycles. The van der Waals surface area contributed by atoms with Crippen LogP contribution in [0.5, 0.6) is 5.75 Å². The highest BCUT2D eigenvalue weighted by molar-refractivity contribution is 5.97. The standard InChI is InChI=1S/C16H21NO4/c1-2-16(9-10-16)15(20)17-12-5-7-13(8-6-12)21-11-3-4-14(18)19/h5-8H,2-4,9-11H2,1H3,(H,17,20)(H,18,19). The van der Waals surface area contributed by atoms with Crippen LogP contribution in [0.2, 0.25) is 0 Å². The molecule has 0 radical (unpaired) electrons. The van der Waals surface area contributed by atoms with Gasteiger partial charge < -0.3 is 15.2 Å². The highest BCUT2D eigenvalue weighted by Gasteiger charge is 2.47. The minimum atomic E-state index is -0.818. The average Bonchev–Trinajstić information content (AvgIpc) is 3.26. The van der Waals surface area contributed by atoms with Crippen molar-refractivity contribution in [1.82, 2.24) is 0 Å². The van der Waals surface area contributed by atoms with E-state index in [1.807, 2.05) is 6.92 Å². The summed E-state index contributed by atoms with van der Waals surface area (Å²) >= 11 is 0. The second-order valence-corrected chi connectivity index (χ2v) is 5.46. The molecule has 2 rings (SSSR count). The van der Waals surface area contributed by atoms with Gasteiger partial charge in [-0.25, -0.2) is 0 Å². The molecule has 5 nitrogen and oxygen atoms in total. The second kappa shape index (κ2) is 6.61. The SMILES string of the molecule is CCC1(C(=O)Nc2ccc(OCCCC(=O)O)cc2)CC1. The molecule has 0 aromatic heterocycles. The van der Waals surface area contributed by atoms with E-state index in [1.54, 1.807) is 24.3 Å². The van der Waals surface area contributed by atoms with Crippen molar-refractivity contribution in [3.63, 3.8) is 0 Å². The van der Waals surface area contributed by atoms with Crippen molar-refractivity contribution < 1.29 is 19.4 Å². The van der Waals surface area contributed by atoms with Crippen LogP contribution in [0.3, 0.4) is 0 Å². The van der Waals surface area contributed by atoms with Crippen LogP contribution < -0.4 is 10.1 Å². The number of carbonyl (C=O) groups is 2. The summed E-state index contributed by atoms with van der Waals surface area (Å²) in [6.45, 7) is 2.41. The first-order valence-electron chi connectivity index (χ1n) is 7.32. The fourth-order valence-electron chi connectivity index (χ4n) is 2.20. The normalized spacial score (nSPS) is 15.3. The van der Waals surface area contributed by atoms with Gasteiger partial charge in [-0.15, -0.1) is 0 Å². The summed E-state index contributed by atoms with van der Waals surface area (Å²) in [4.78, 5) is 22.5. The molecule has 0 atom stereocenters. The molecule has 5 heteroatoms. The van der Waals surface area contributed by atoms with Gasteiger partial charge in [-0.2, -0.15) is 0 Å². The Morgan fingerprint density at radius 2 is 1.95 bits per heavy atom. The van der Waals surface area contributed by atoms with E-state index in [0.29, 0.717) is 18.8 Å². The van der Waals surface area contributed by atoms with Crippen LogP contribution in [-0.2, 0) is 9.59 Å². The molecule has 1 fully saturated rings. The van der Waals surface area contributed by atoms with E-state index in [2.05, 4.69) is 5.32 Å². The van der Waals surface area contributed by atoms with Crippen molar-refractivity contribution >= 4 is 17.6 Å². The van der Waals surface area contributed by atoms with Gasteiger partial charge in [-0.1, -0.05) is 6.92 Å². The topological polar surface area (TPSA) is 75.6 Å². The van der Waals surface area contributed by atoms with Gasteiger partial charge in [0, 0.05) is 17.5 Å². The zero-order chi connectivity index (χ0) is 15.3. The highest BCUT2D eigenvalue weighted by atomic mass is 16.5. The molecule has 0 heterocycles. The summed E-state index contributed by atoms with van der Waals surface area (Å²) in [6, 6.07) is 7.16.